The van der Waals surface area contributed by atoms with Gasteiger partial charge in [-0.2, -0.15) is 0 Å². The number of H-pyrrole nitrogens is 1. The number of rotatable bonds is 5. The average Bonchev–Trinajstić information content (AvgIpc) is 2.71. The van der Waals surface area contributed by atoms with Crippen LogP contribution >= 0.6 is 0 Å². The Hall–Kier alpha value is -1.77. The molecule has 0 atom stereocenters. The maximum atomic E-state index is 11.6. The van der Waals surface area contributed by atoms with E-state index >= 15 is 0 Å². The molecule has 0 fully saturated rings. The Labute approximate surface area is 114 Å². The second kappa shape index (κ2) is 5.91. The van der Waals surface area contributed by atoms with Crippen LogP contribution in [0.3, 0.4) is 0 Å². The summed E-state index contributed by atoms with van der Waals surface area (Å²) in [5, 5.41) is 4.24. The van der Waals surface area contributed by atoms with Crippen LogP contribution in [0.15, 0.2) is 24.4 Å². The monoisotopic (exact) mass is 258 g/mol. The molecular weight excluding hydrogens is 236 g/mol. The fraction of sp³-hybridized carbons (Fsp3) is 0.438. The van der Waals surface area contributed by atoms with Crippen LogP contribution in [-0.2, 0) is 11.2 Å². The molecule has 2 N–H and O–H groups in total. The Morgan fingerprint density at radius 3 is 2.89 bits per heavy atom. The van der Waals surface area contributed by atoms with Gasteiger partial charge in [-0.1, -0.05) is 25.5 Å². The van der Waals surface area contributed by atoms with Crippen molar-refractivity contribution in [1.29, 1.82) is 0 Å². The van der Waals surface area contributed by atoms with Crippen molar-refractivity contribution in [2.45, 2.75) is 33.6 Å². The Kier molecular flexibility index (Phi) is 4.25. The van der Waals surface area contributed by atoms with E-state index < -0.39 is 0 Å². The number of aryl methyl sites for hydroxylation is 1. The van der Waals surface area contributed by atoms with Crippen LogP contribution in [-0.4, -0.2) is 17.4 Å². The van der Waals surface area contributed by atoms with Gasteiger partial charge in [-0.05, 0) is 37.0 Å². The van der Waals surface area contributed by atoms with E-state index in [1.807, 2.05) is 6.20 Å². The third-order valence-corrected chi connectivity index (χ3v) is 3.23. The third-order valence-electron chi connectivity index (χ3n) is 3.23. The van der Waals surface area contributed by atoms with E-state index in [1.54, 1.807) is 0 Å². The van der Waals surface area contributed by atoms with Crippen LogP contribution < -0.4 is 5.32 Å². The summed E-state index contributed by atoms with van der Waals surface area (Å²) >= 11 is 0. The summed E-state index contributed by atoms with van der Waals surface area (Å²) in [5.74, 6) is 0.557. The molecule has 3 nitrogen and oxygen atoms in total. The number of aromatic nitrogens is 1. The molecule has 1 amide bonds. The van der Waals surface area contributed by atoms with Gasteiger partial charge in [0.2, 0.25) is 5.91 Å². The highest BCUT2D eigenvalue weighted by Gasteiger charge is 2.06. The van der Waals surface area contributed by atoms with Crippen LogP contribution in [0.25, 0.3) is 10.9 Å². The number of hydrogen-bond donors (Lipinski definition) is 2. The molecule has 0 unspecified atom stereocenters. The number of amides is 1. The van der Waals surface area contributed by atoms with Crippen LogP contribution in [0.4, 0.5) is 0 Å². The zero-order valence-corrected chi connectivity index (χ0v) is 11.9. The minimum atomic E-state index is 0.144. The molecule has 3 heteroatoms. The first-order valence-electron chi connectivity index (χ1n) is 6.89. The lowest BCUT2D eigenvalue weighted by Gasteiger charge is -2.06. The van der Waals surface area contributed by atoms with Gasteiger partial charge in [-0.15, -0.1) is 0 Å². The van der Waals surface area contributed by atoms with Crippen molar-refractivity contribution in [3.63, 3.8) is 0 Å². The Balaban J connectivity index is 1.95. The number of nitrogens with one attached hydrogen (secondary N) is 2. The van der Waals surface area contributed by atoms with Gasteiger partial charge in [0.05, 0.1) is 0 Å². The number of hydrogen-bond acceptors (Lipinski definition) is 1. The predicted octanol–water partition coefficient (Wildman–Crippen LogP) is 3.18. The van der Waals surface area contributed by atoms with E-state index in [0.717, 1.165) is 11.9 Å². The van der Waals surface area contributed by atoms with Crippen molar-refractivity contribution >= 4 is 16.8 Å². The Morgan fingerprint density at radius 2 is 2.16 bits per heavy atom. The summed E-state index contributed by atoms with van der Waals surface area (Å²) in [6, 6.07) is 6.40. The molecule has 2 aromatic rings. The van der Waals surface area contributed by atoms with Crippen molar-refractivity contribution in [2.24, 2.45) is 5.92 Å². The third kappa shape index (κ3) is 3.60. The van der Waals surface area contributed by atoms with Gasteiger partial charge in [0.25, 0.3) is 0 Å². The van der Waals surface area contributed by atoms with Crippen LogP contribution in [0, 0.1) is 12.8 Å². The van der Waals surface area contributed by atoms with Gasteiger partial charge in [-0.3, -0.25) is 4.79 Å². The number of benzene rings is 1. The molecule has 0 saturated carbocycles. The molecule has 0 bridgehead atoms. The Morgan fingerprint density at radius 1 is 1.37 bits per heavy atom. The molecule has 0 aliphatic heterocycles. The summed E-state index contributed by atoms with van der Waals surface area (Å²) in [5.41, 5.74) is 3.69. The molecule has 0 spiro atoms. The summed E-state index contributed by atoms with van der Waals surface area (Å²) in [7, 11) is 0. The maximum Gasteiger partial charge on any atom is 0.220 e. The van der Waals surface area contributed by atoms with Gasteiger partial charge in [-0.25, -0.2) is 0 Å². The highest BCUT2D eigenvalue weighted by Crippen LogP contribution is 2.19. The summed E-state index contributed by atoms with van der Waals surface area (Å²) in [4.78, 5) is 14.9. The lowest BCUT2D eigenvalue weighted by molar-refractivity contribution is -0.121. The van der Waals surface area contributed by atoms with E-state index in [2.05, 4.69) is 49.3 Å². The highest BCUT2D eigenvalue weighted by molar-refractivity contribution is 5.84. The van der Waals surface area contributed by atoms with Crippen LogP contribution in [0.2, 0.25) is 0 Å². The Bertz CT molecular complexity index is 569. The molecule has 0 radical (unpaired) electrons. The van der Waals surface area contributed by atoms with E-state index in [4.69, 9.17) is 0 Å². The summed E-state index contributed by atoms with van der Waals surface area (Å²) in [6.45, 7) is 6.91. The molecule has 1 aromatic carbocycles. The number of carbonyl (C=O) groups excluding carboxylic acids is 1. The maximum absolute atomic E-state index is 11.6. The van der Waals surface area contributed by atoms with Gasteiger partial charge in [0.15, 0.2) is 0 Å². The van der Waals surface area contributed by atoms with Crippen molar-refractivity contribution in [1.82, 2.24) is 10.3 Å². The molecular formula is C16H22N2O. The standard InChI is InChI=1S/C16H22N2O/c1-11(2)8-16(19)17-7-6-13-10-18-15-5-4-12(3)9-14(13)15/h4-5,9-11,18H,6-8H2,1-3H3,(H,17,19). The zero-order chi connectivity index (χ0) is 13.8. The fourth-order valence-corrected chi connectivity index (χ4v) is 2.28. The molecule has 102 valence electrons. The van der Waals surface area contributed by atoms with Crippen molar-refractivity contribution in [3.05, 3.63) is 35.5 Å². The van der Waals surface area contributed by atoms with E-state index in [-0.39, 0.29) is 5.91 Å². The van der Waals surface area contributed by atoms with Crippen molar-refractivity contribution in [2.75, 3.05) is 6.54 Å². The minimum absolute atomic E-state index is 0.144. The van der Waals surface area contributed by atoms with Gasteiger partial charge < -0.3 is 10.3 Å². The summed E-state index contributed by atoms with van der Waals surface area (Å²) in [6.07, 6.45) is 3.51. The lowest BCUT2D eigenvalue weighted by Crippen LogP contribution is -2.26. The largest absolute Gasteiger partial charge is 0.361 e. The number of carbonyl (C=O) groups is 1. The SMILES string of the molecule is Cc1ccc2[nH]cc(CCNC(=O)CC(C)C)c2c1. The lowest BCUT2D eigenvalue weighted by atomic mass is 10.1. The molecule has 0 aliphatic carbocycles. The smallest absolute Gasteiger partial charge is 0.220 e. The predicted molar refractivity (Wildman–Crippen MR) is 79.2 cm³/mol. The van der Waals surface area contributed by atoms with E-state index in [1.165, 1.54) is 16.5 Å². The quantitative estimate of drug-likeness (QED) is 0.850. The molecule has 0 aliphatic rings. The molecule has 19 heavy (non-hydrogen) atoms. The molecule has 1 heterocycles. The molecule has 2 rings (SSSR count). The van der Waals surface area contributed by atoms with Crippen LogP contribution in [0.1, 0.15) is 31.4 Å². The summed E-state index contributed by atoms with van der Waals surface area (Å²) < 4.78 is 0. The number of aromatic amines is 1. The zero-order valence-electron chi connectivity index (χ0n) is 11.9. The van der Waals surface area contributed by atoms with Gasteiger partial charge in [0, 0.05) is 30.1 Å². The van der Waals surface area contributed by atoms with Crippen LogP contribution in [0.5, 0.6) is 0 Å². The highest BCUT2D eigenvalue weighted by atomic mass is 16.1. The molecule has 0 saturated heterocycles. The van der Waals surface area contributed by atoms with Crippen molar-refractivity contribution < 1.29 is 4.79 Å². The van der Waals surface area contributed by atoms with Gasteiger partial charge in [0.1, 0.15) is 0 Å². The number of fused-ring (bicyclic) bond motifs is 1. The molecule has 1 aromatic heterocycles. The normalized spacial score (nSPS) is 11.2. The first-order valence-corrected chi connectivity index (χ1v) is 6.89. The topological polar surface area (TPSA) is 44.9 Å². The average molecular weight is 258 g/mol. The second-order valence-electron chi connectivity index (χ2n) is 5.56. The minimum Gasteiger partial charge on any atom is -0.361 e. The first kappa shape index (κ1) is 13.7. The van der Waals surface area contributed by atoms with E-state index in [0.29, 0.717) is 18.9 Å². The van der Waals surface area contributed by atoms with E-state index in [9.17, 15) is 4.79 Å². The first-order chi connectivity index (χ1) is 9.06. The second-order valence-corrected chi connectivity index (χ2v) is 5.56. The van der Waals surface area contributed by atoms with Crippen molar-refractivity contribution in [3.8, 4) is 0 Å². The van der Waals surface area contributed by atoms with Gasteiger partial charge >= 0.3 is 0 Å². The fourth-order valence-electron chi connectivity index (χ4n) is 2.28.